The molecule has 0 aliphatic carbocycles. The minimum absolute atomic E-state index is 0.401. The third-order valence-electron chi connectivity index (χ3n) is 2.60. The van der Waals surface area contributed by atoms with Crippen molar-refractivity contribution in [1.82, 2.24) is 4.98 Å². The second-order valence-corrected chi connectivity index (χ2v) is 4.43. The third-order valence-corrected chi connectivity index (χ3v) is 2.83. The van der Waals surface area contributed by atoms with Crippen LogP contribution in [-0.4, -0.2) is 18.7 Å². The van der Waals surface area contributed by atoms with Crippen LogP contribution in [-0.2, 0) is 0 Å². The van der Waals surface area contributed by atoms with Gasteiger partial charge in [-0.15, -0.1) is 0 Å². The number of halogens is 1. The second kappa shape index (κ2) is 6.34. The Kier molecular flexibility index (Phi) is 4.53. The third kappa shape index (κ3) is 3.24. The van der Waals surface area contributed by atoms with Crippen molar-refractivity contribution in [3.8, 4) is 11.6 Å². The lowest BCUT2D eigenvalue weighted by Crippen LogP contribution is -2.02. The molecule has 6 heteroatoms. The van der Waals surface area contributed by atoms with Gasteiger partial charge in [-0.25, -0.2) is 0 Å². The first-order valence-electron chi connectivity index (χ1n) is 6.14. The Balaban J connectivity index is 2.30. The molecule has 0 unspecified atom stereocenters. The molecule has 1 aromatic heterocycles. The van der Waals surface area contributed by atoms with Crippen LogP contribution in [0.5, 0.6) is 11.6 Å². The van der Waals surface area contributed by atoms with Gasteiger partial charge in [-0.2, -0.15) is 4.98 Å². The summed E-state index contributed by atoms with van der Waals surface area (Å²) in [7, 11) is 1.59. The molecule has 3 N–H and O–H groups in total. The van der Waals surface area contributed by atoms with E-state index in [9.17, 15) is 0 Å². The molecule has 0 saturated heterocycles. The highest BCUT2D eigenvalue weighted by Crippen LogP contribution is 2.31. The van der Waals surface area contributed by atoms with Gasteiger partial charge in [0.15, 0.2) is 0 Å². The van der Waals surface area contributed by atoms with Gasteiger partial charge in [-0.05, 0) is 37.3 Å². The zero-order valence-electron chi connectivity index (χ0n) is 11.3. The fourth-order valence-corrected chi connectivity index (χ4v) is 1.86. The molecule has 0 aliphatic heterocycles. The van der Waals surface area contributed by atoms with Gasteiger partial charge in [0.1, 0.15) is 11.6 Å². The van der Waals surface area contributed by atoms with E-state index in [1.807, 2.05) is 6.92 Å². The lowest BCUT2D eigenvalue weighted by Gasteiger charge is -2.12. The predicted molar refractivity (Wildman–Crippen MR) is 81.1 cm³/mol. The maximum atomic E-state index is 5.99. The highest BCUT2D eigenvalue weighted by molar-refractivity contribution is 6.31. The standard InChI is InChI=1S/C14H16ClN3O2/c1-3-20-14-10(16)5-7-13(18-14)17-11-8-9(15)4-6-12(11)19-2/h4-8H,3,16H2,1-2H3,(H,17,18). The number of nitrogens with two attached hydrogens (primary N) is 1. The topological polar surface area (TPSA) is 69.4 Å². The fourth-order valence-electron chi connectivity index (χ4n) is 1.69. The largest absolute Gasteiger partial charge is 0.495 e. The van der Waals surface area contributed by atoms with Gasteiger partial charge in [-0.1, -0.05) is 11.6 Å². The highest BCUT2D eigenvalue weighted by Gasteiger charge is 2.08. The van der Waals surface area contributed by atoms with Gasteiger partial charge < -0.3 is 20.5 Å². The quantitative estimate of drug-likeness (QED) is 0.883. The molecule has 0 radical (unpaired) electrons. The molecule has 20 heavy (non-hydrogen) atoms. The highest BCUT2D eigenvalue weighted by atomic mass is 35.5. The summed E-state index contributed by atoms with van der Waals surface area (Å²) < 4.78 is 10.6. The minimum atomic E-state index is 0.401. The van der Waals surface area contributed by atoms with Crippen molar-refractivity contribution in [3.63, 3.8) is 0 Å². The molecular formula is C14H16ClN3O2. The van der Waals surface area contributed by atoms with Crippen LogP contribution in [0.3, 0.4) is 0 Å². The molecule has 1 heterocycles. The lowest BCUT2D eigenvalue weighted by molar-refractivity contribution is 0.329. The van der Waals surface area contributed by atoms with E-state index in [2.05, 4.69) is 10.3 Å². The first-order chi connectivity index (χ1) is 9.63. The Bertz CT molecular complexity index is 605. The number of rotatable bonds is 5. The smallest absolute Gasteiger partial charge is 0.239 e. The lowest BCUT2D eigenvalue weighted by atomic mass is 10.3. The maximum Gasteiger partial charge on any atom is 0.239 e. The van der Waals surface area contributed by atoms with Gasteiger partial charge >= 0.3 is 0 Å². The monoisotopic (exact) mass is 293 g/mol. The number of nitrogens with zero attached hydrogens (tertiary/aromatic N) is 1. The van der Waals surface area contributed by atoms with Crippen LogP contribution in [0.4, 0.5) is 17.2 Å². The van der Waals surface area contributed by atoms with E-state index in [0.717, 1.165) is 5.69 Å². The SMILES string of the molecule is CCOc1nc(Nc2cc(Cl)ccc2OC)ccc1N. The van der Waals surface area contributed by atoms with Crippen molar-refractivity contribution in [2.45, 2.75) is 6.92 Å². The predicted octanol–water partition coefficient (Wildman–Crippen LogP) is 3.47. The number of nitrogen functional groups attached to an aromatic ring is 1. The maximum absolute atomic E-state index is 5.99. The number of nitrogens with one attached hydrogen (secondary N) is 1. The molecule has 0 saturated carbocycles. The van der Waals surface area contributed by atoms with E-state index in [0.29, 0.717) is 34.8 Å². The van der Waals surface area contributed by atoms with Crippen LogP contribution in [0.2, 0.25) is 5.02 Å². The molecule has 0 atom stereocenters. The number of hydrogen-bond donors (Lipinski definition) is 2. The molecule has 106 valence electrons. The van der Waals surface area contributed by atoms with Crippen LogP contribution < -0.4 is 20.5 Å². The van der Waals surface area contributed by atoms with Crippen LogP contribution in [0, 0.1) is 0 Å². The summed E-state index contributed by atoms with van der Waals surface area (Å²) in [4.78, 5) is 4.31. The normalized spacial score (nSPS) is 10.2. The number of anilines is 3. The number of hydrogen-bond acceptors (Lipinski definition) is 5. The van der Waals surface area contributed by atoms with Gasteiger partial charge in [0, 0.05) is 5.02 Å². The molecule has 0 fully saturated rings. The van der Waals surface area contributed by atoms with Crippen molar-refractivity contribution in [3.05, 3.63) is 35.4 Å². The van der Waals surface area contributed by atoms with Crippen molar-refractivity contribution < 1.29 is 9.47 Å². The van der Waals surface area contributed by atoms with Gasteiger partial charge in [-0.3, -0.25) is 0 Å². The van der Waals surface area contributed by atoms with Crippen molar-refractivity contribution in [2.75, 3.05) is 24.8 Å². The van der Waals surface area contributed by atoms with Crippen LogP contribution in [0.1, 0.15) is 6.92 Å². The van der Waals surface area contributed by atoms with Crippen LogP contribution >= 0.6 is 11.6 Å². The molecular weight excluding hydrogens is 278 g/mol. The van der Waals surface area contributed by atoms with E-state index in [4.69, 9.17) is 26.8 Å². The zero-order chi connectivity index (χ0) is 14.5. The molecule has 2 aromatic rings. The van der Waals surface area contributed by atoms with Crippen LogP contribution in [0.25, 0.3) is 0 Å². The van der Waals surface area contributed by atoms with E-state index in [1.165, 1.54) is 0 Å². The Morgan fingerprint density at radius 2 is 2.10 bits per heavy atom. The van der Waals surface area contributed by atoms with Crippen molar-refractivity contribution in [2.24, 2.45) is 0 Å². The zero-order valence-corrected chi connectivity index (χ0v) is 12.1. The Morgan fingerprint density at radius 1 is 1.30 bits per heavy atom. The average Bonchev–Trinajstić information content (AvgIpc) is 2.43. The number of benzene rings is 1. The van der Waals surface area contributed by atoms with Gasteiger partial charge in [0.2, 0.25) is 5.88 Å². The first kappa shape index (κ1) is 14.3. The Labute approximate surface area is 122 Å². The van der Waals surface area contributed by atoms with E-state index in [-0.39, 0.29) is 0 Å². The molecule has 2 rings (SSSR count). The van der Waals surface area contributed by atoms with Crippen molar-refractivity contribution >= 4 is 28.8 Å². The van der Waals surface area contributed by atoms with E-state index < -0.39 is 0 Å². The molecule has 0 amide bonds. The summed E-state index contributed by atoms with van der Waals surface area (Å²) in [5.74, 6) is 1.67. The van der Waals surface area contributed by atoms with E-state index >= 15 is 0 Å². The first-order valence-corrected chi connectivity index (χ1v) is 6.51. The van der Waals surface area contributed by atoms with Crippen LogP contribution in [0.15, 0.2) is 30.3 Å². The summed E-state index contributed by atoms with van der Waals surface area (Å²) in [5, 5.41) is 3.74. The molecule has 0 spiro atoms. The van der Waals surface area contributed by atoms with Crippen molar-refractivity contribution in [1.29, 1.82) is 0 Å². The minimum Gasteiger partial charge on any atom is -0.495 e. The summed E-state index contributed by atoms with van der Waals surface area (Å²) >= 11 is 5.99. The van der Waals surface area contributed by atoms with Gasteiger partial charge in [0.25, 0.3) is 0 Å². The second-order valence-electron chi connectivity index (χ2n) is 3.99. The summed E-state index contributed by atoms with van der Waals surface area (Å²) in [6, 6.07) is 8.80. The average molecular weight is 294 g/mol. The fraction of sp³-hybridized carbons (Fsp3) is 0.214. The molecule has 0 aliphatic rings. The molecule has 1 aromatic carbocycles. The van der Waals surface area contributed by atoms with Gasteiger partial charge in [0.05, 0.1) is 25.1 Å². The summed E-state index contributed by atoms with van der Waals surface area (Å²) in [6.07, 6.45) is 0. The summed E-state index contributed by atoms with van der Waals surface area (Å²) in [5.41, 5.74) is 7.01. The molecule has 5 nitrogen and oxygen atoms in total. The Hall–Kier alpha value is -2.14. The summed E-state index contributed by atoms with van der Waals surface area (Å²) in [6.45, 7) is 2.38. The Morgan fingerprint density at radius 3 is 2.80 bits per heavy atom. The number of ether oxygens (including phenoxy) is 2. The van der Waals surface area contributed by atoms with E-state index in [1.54, 1.807) is 37.4 Å². The number of aromatic nitrogens is 1. The number of pyridine rings is 1. The number of methoxy groups -OCH3 is 1. The molecule has 0 bridgehead atoms.